The minimum Gasteiger partial charge on any atom is -0.339 e. The largest absolute Gasteiger partial charge is 0.339 e. The number of benzene rings is 1. The summed E-state index contributed by atoms with van der Waals surface area (Å²) in [7, 11) is 0. The summed E-state index contributed by atoms with van der Waals surface area (Å²) < 4.78 is 0. The third-order valence-corrected chi connectivity index (χ3v) is 7.04. The molecule has 0 spiro atoms. The van der Waals surface area contributed by atoms with Crippen molar-refractivity contribution in [1.82, 2.24) is 9.80 Å². The number of hydrogen-bond donors (Lipinski definition) is 1. The molecule has 3 rings (SSSR count). The van der Waals surface area contributed by atoms with Crippen molar-refractivity contribution in [3.63, 3.8) is 0 Å². The number of anilines is 1. The molecular weight excluding hydrogens is 378 g/mol. The fraction of sp³-hybridized carbons (Fsp3) is 0.625. The summed E-state index contributed by atoms with van der Waals surface area (Å²) in [6, 6.07) is 7.26. The predicted octanol–water partition coefficient (Wildman–Crippen LogP) is 3.78. The van der Waals surface area contributed by atoms with Gasteiger partial charge >= 0.3 is 0 Å². The average Bonchev–Trinajstić information content (AvgIpc) is 3.13. The van der Waals surface area contributed by atoms with E-state index in [1.165, 1.54) is 6.42 Å². The molecule has 0 unspecified atom stereocenters. The molecule has 1 N–H and O–H groups in total. The summed E-state index contributed by atoms with van der Waals surface area (Å²) in [5.41, 5.74) is 1.26. The summed E-state index contributed by atoms with van der Waals surface area (Å²) in [6.07, 6.45) is 3.68. The zero-order valence-corrected chi connectivity index (χ0v) is 18.7. The van der Waals surface area contributed by atoms with Gasteiger partial charge in [0.05, 0.1) is 5.92 Å². The van der Waals surface area contributed by atoms with Crippen molar-refractivity contribution in [2.45, 2.75) is 59.4 Å². The number of carbonyl (C=O) groups is 3. The maximum Gasteiger partial charge on any atom is 0.253 e. The van der Waals surface area contributed by atoms with E-state index in [0.29, 0.717) is 42.7 Å². The van der Waals surface area contributed by atoms with Crippen molar-refractivity contribution in [1.29, 1.82) is 0 Å². The van der Waals surface area contributed by atoms with Gasteiger partial charge in [-0.05, 0) is 56.4 Å². The molecule has 1 heterocycles. The molecular formula is C24H35N3O3. The van der Waals surface area contributed by atoms with E-state index in [1.807, 2.05) is 18.7 Å². The molecule has 2 aliphatic rings. The lowest BCUT2D eigenvalue weighted by Gasteiger charge is -2.40. The molecule has 2 fully saturated rings. The van der Waals surface area contributed by atoms with Crippen molar-refractivity contribution >= 4 is 23.4 Å². The number of amides is 3. The molecule has 1 saturated carbocycles. The summed E-state index contributed by atoms with van der Waals surface area (Å²) in [5.74, 6) is 0.735. The number of nitrogens with one attached hydrogen (secondary N) is 1. The Kier molecular flexibility index (Phi) is 7.16. The van der Waals surface area contributed by atoms with Crippen molar-refractivity contribution < 1.29 is 14.4 Å². The Hall–Kier alpha value is -2.37. The van der Waals surface area contributed by atoms with Crippen LogP contribution in [0.4, 0.5) is 5.69 Å². The first kappa shape index (κ1) is 22.3. The quantitative estimate of drug-likeness (QED) is 0.772. The smallest absolute Gasteiger partial charge is 0.253 e. The minimum absolute atomic E-state index is 0.00858. The van der Waals surface area contributed by atoms with Gasteiger partial charge < -0.3 is 15.1 Å². The highest BCUT2D eigenvalue weighted by Gasteiger charge is 2.41. The number of likely N-dealkylation sites (tertiary alicyclic amines) is 1. The Bertz CT molecular complexity index is 772. The molecule has 1 aliphatic heterocycles. The number of nitrogens with zero attached hydrogens (tertiary/aromatic N) is 2. The van der Waals surface area contributed by atoms with Crippen LogP contribution in [-0.2, 0) is 9.59 Å². The van der Waals surface area contributed by atoms with Crippen molar-refractivity contribution in [2.75, 3.05) is 25.0 Å². The lowest BCUT2D eigenvalue weighted by molar-refractivity contribution is -0.131. The third kappa shape index (κ3) is 4.68. The molecule has 3 amide bonds. The van der Waals surface area contributed by atoms with Crippen LogP contribution in [0.15, 0.2) is 24.3 Å². The Morgan fingerprint density at radius 1 is 1.10 bits per heavy atom. The van der Waals surface area contributed by atoms with Gasteiger partial charge in [-0.25, -0.2) is 0 Å². The van der Waals surface area contributed by atoms with E-state index >= 15 is 0 Å². The second-order valence-electron chi connectivity index (χ2n) is 8.83. The highest BCUT2D eigenvalue weighted by Crippen LogP contribution is 2.36. The van der Waals surface area contributed by atoms with Crippen LogP contribution < -0.4 is 5.32 Å². The maximum absolute atomic E-state index is 12.8. The van der Waals surface area contributed by atoms with E-state index in [0.717, 1.165) is 12.8 Å². The van der Waals surface area contributed by atoms with E-state index in [2.05, 4.69) is 19.2 Å². The van der Waals surface area contributed by atoms with Gasteiger partial charge in [0.15, 0.2) is 0 Å². The second kappa shape index (κ2) is 9.63. The van der Waals surface area contributed by atoms with Gasteiger partial charge in [-0.3, -0.25) is 14.4 Å². The summed E-state index contributed by atoms with van der Waals surface area (Å²) >= 11 is 0. The first-order valence-electron chi connectivity index (χ1n) is 11.3. The fourth-order valence-electron chi connectivity index (χ4n) is 4.86. The molecule has 1 aliphatic carbocycles. The highest BCUT2D eigenvalue weighted by atomic mass is 16.2. The van der Waals surface area contributed by atoms with Crippen LogP contribution in [0.3, 0.4) is 0 Å². The van der Waals surface area contributed by atoms with Gasteiger partial charge in [0.25, 0.3) is 5.91 Å². The average molecular weight is 414 g/mol. The number of carbonyl (C=O) groups excluding carboxylic acids is 3. The zero-order chi connectivity index (χ0) is 21.8. The fourth-order valence-corrected chi connectivity index (χ4v) is 4.86. The van der Waals surface area contributed by atoms with Gasteiger partial charge in [-0.2, -0.15) is 0 Å². The Labute approximate surface area is 180 Å². The second-order valence-corrected chi connectivity index (χ2v) is 8.83. The normalized spacial score (nSPS) is 26.5. The lowest BCUT2D eigenvalue weighted by atomic mass is 9.77. The maximum atomic E-state index is 12.8. The monoisotopic (exact) mass is 413 g/mol. The van der Waals surface area contributed by atoms with Crippen molar-refractivity contribution in [3.8, 4) is 0 Å². The minimum atomic E-state index is -0.320. The summed E-state index contributed by atoms with van der Waals surface area (Å²) in [4.78, 5) is 41.6. The third-order valence-electron chi connectivity index (χ3n) is 7.04. The van der Waals surface area contributed by atoms with Crippen LogP contribution in [0.25, 0.3) is 0 Å². The highest BCUT2D eigenvalue weighted by molar-refractivity contribution is 5.98. The number of hydrogen-bond acceptors (Lipinski definition) is 3. The van der Waals surface area contributed by atoms with Crippen LogP contribution in [-0.4, -0.2) is 53.2 Å². The van der Waals surface area contributed by atoms with Crippen molar-refractivity contribution in [2.24, 2.45) is 17.8 Å². The Balaban J connectivity index is 1.60. The molecule has 30 heavy (non-hydrogen) atoms. The summed E-state index contributed by atoms with van der Waals surface area (Å²) in [5, 5.41) is 2.93. The molecule has 6 nitrogen and oxygen atoms in total. The van der Waals surface area contributed by atoms with E-state index in [4.69, 9.17) is 0 Å². The molecule has 0 radical (unpaired) electrons. The molecule has 1 saturated heterocycles. The van der Waals surface area contributed by atoms with Gasteiger partial charge in [-0.15, -0.1) is 0 Å². The predicted molar refractivity (Wildman–Crippen MR) is 118 cm³/mol. The van der Waals surface area contributed by atoms with Gasteiger partial charge in [0.1, 0.15) is 0 Å². The molecule has 1 aromatic rings. The zero-order valence-electron chi connectivity index (χ0n) is 18.7. The van der Waals surface area contributed by atoms with Crippen LogP contribution in [0, 0.1) is 17.8 Å². The van der Waals surface area contributed by atoms with Gasteiger partial charge in [-0.1, -0.05) is 26.7 Å². The Morgan fingerprint density at radius 2 is 1.77 bits per heavy atom. The van der Waals surface area contributed by atoms with Crippen LogP contribution >= 0.6 is 0 Å². The topological polar surface area (TPSA) is 69.7 Å². The van der Waals surface area contributed by atoms with Crippen molar-refractivity contribution in [3.05, 3.63) is 29.8 Å². The standard InChI is InChI=1S/C24H35N3O3/c1-5-26(6-2)24(30)18-10-12-20(13-11-18)25-23(29)19-14-22(28)27(15-19)21-9-7-8-16(3)17(21)4/h10-13,16-17,19,21H,5-9,14-15H2,1-4H3,(H,25,29)/t16-,17-,19-,21+/m0/s1. The molecule has 0 bridgehead atoms. The number of rotatable bonds is 6. The Morgan fingerprint density at radius 3 is 2.40 bits per heavy atom. The van der Waals surface area contributed by atoms with Gasteiger partial charge in [0, 0.05) is 43.3 Å². The first-order valence-corrected chi connectivity index (χ1v) is 11.3. The molecule has 164 valence electrons. The van der Waals surface area contributed by atoms with Crippen LogP contribution in [0.1, 0.15) is 63.7 Å². The molecule has 1 aromatic carbocycles. The SMILES string of the molecule is CCN(CC)C(=O)c1ccc(NC(=O)[C@H]2CC(=O)N([C@@H]3CCC[C@H](C)[C@@H]3C)C2)cc1. The molecule has 4 atom stereocenters. The molecule has 6 heteroatoms. The van der Waals surface area contributed by atoms with E-state index in [9.17, 15) is 14.4 Å². The molecule has 0 aromatic heterocycles. The van der Waals surface area contributed by atoms with E-state index in [-0.39, 0.29) is 36.1 Å². The summed E-state index contributed by atoms with van der Waals surface area (Å²) in [6.45, 7) is 10.2. The lowest BCUT2D eigenvalue weighted by Crippen LogP contribution is -2.45. The van der Waals surface area contributed by atoms with Crippen LogP contribution in [0.5, 0.6) is 0 Å². The van der Waals surface area contributed by atoms with Crippen LogP contribution in [0.2, 0.25) is 0 Å². The van der Waals surface area contributed by atoms with E-state index < -0.39 is 0 Å². The first-order chi connectivity index (χ1) is 14.3. The van der Waals surface area contributed by atoms with Gasteiger partial charge in [0.2, 0.25) is 11.8 Å². The van der Waals surface area contributed by atoms with E-state index in [1.54, 1.807) is 29.2 Å².